The van der Waals surface area contributed by atoms with Gasteiger partial charge in [-0.3, -0.25) is 0 Å². The first kappa shape index (κ1) is 24.4. The van der Waals surface area contributed by atoms with E-state index in [2.05, 4.69) is 0 Å². The summed E-state index contributed by atoms with van der Waals surface area (Å²) in [6.07, 6.45) is 0.580. The summed E-state index contributed by atoms with van der Waals surface area (Å²) in [6, 6.07) is 37.8. The van der Waals surface area contributed by atoms with E-state index in [1.807, 2.05) is 121 Å². The first-order valence-corrected chi connectivity index (χ1v) is 15.2. The summed E-state index contributed by atoms with van der Waals surface area (Å²) in [5, 5.41) is 15.0. The number of benzene rings is 4. The van der Waals surface area contributed by atoms with Gasteiger partial charge in [-0.2, -0.15) is 5.06 Å². The molecule has 0 bridgehead atoms. The smallest absolute Gasteiger partial charge is 0.144 e. The van der Waals surface area contributed by atoms with Crippen LogP contribution >= 0.6 is 14.3 Å². The number of hydroxylamine groups is 2. The fraction of sp³-hybridized carbons (Fsp3) is 0.143. The van der Waals surface area contributed by atoms with Gasteiger partial charge in [-0.15, -0.1) is 0 Å². The van der Waals surface area contributed by atoms with Crippen LogP contribution in [0.4, 0.5) is 0 Å². The van der Waals surface area contributed by atoms with E-state index in [4.69, 9.17) is 0 Å². The molecule has 4 aromatic carbocycles. The Morgan fingerprint density at radius 1 is 0.471 bits per heavy atom. The Morgan fingerprint density at radius 2 is 0.706 bits per heavy atom. The molecule has 34 heavy (non-hydrogen) atoms. The molecule has 0 aliphatic heterocycles. The lowest BCUT2D eigenvalue weighted by atomic mass is 10.4. The van der Waals surface area contributed by atoms with Crippen molar-refractivity contribution in [2.24, 2.45) is 0 Å². The molecule has 0 aliphatic rings. The predicted molar refractivity (Wildman–Crippen MR) is 143 cm³/mol. The minimum atomic E-state index is -2.93. The van der Waals surface area contributed by atoms with Gasteiger partial charge in [-0.25, -0.2) is 0 Å². The first-order valence-electron chi connectivity index (χ1n) is 11.4. The molecule has 4 nitrogen and oxygen atoms in total. The third kappa shape index (κ3) is 5.49. The summed E-state index contributed by atoms with van der Waals surface area (Å²) >= 11 is 0. The quantitative estimate of drug-likeness (QED) is 0.259. The van der Waals surface area contributed by atoms with Crippen LogP contribution in [-0.4, -0.2) is 35.7 Å². The summed E-state index contributed by atoms with van der Waals surface area (Å²) in [7, 11) is -5.86. The van der Waals surface area contributed by atoms with Gasteiger partial charge >= 0.3 is 0 Å². The van der Waals surface area contributed by atoms with Crippen LogP contribution in [0.25, 0.3) is 0 Å². The lowest BCUT2D eigenvalue weighted by Crippen LogP contribution is -2.31. The molecule has 0 atom stereocenters. The molecule has 174 valence electrons. The molecule has 0 spiro atoms. The maximum atomic E-state index is 14.2. The second-order valence-corrected chi connectivity index (χ2v) is 14.1. The predicted octanol–water partition coefficient (Wildman–Crippen LogP) is 4.71. The summed E-state index contributed by atoms with van der Waals surface area (Å²) in [5.41, 5.74) is 0. The zero-order valence-corrected chi connectivity index (χ0v) is 20.8. The topological polar surface area (TPSA) is 57.6 Å². The highest BCUT2D eigenvalue weighted by Crippen LogP contribution is 2.44. The van der Waals surface area contributed by atoms with Gasteiger partial charge in [0.1, 0.15) is 14.3 Å². The molecule has 0 aromatic heterocycles. The van der Waals surface area contributed by atoms with E-state index in [1.165, 1.54) is 0 Å². The standard InChI is InChI=1S/C28H29NO3P2/c30-29(21-23-33(31,25-13-5-1-6-14-25)26-15-7-2-8-16-26)22-24-34(32,27-17-9-3-10-18-27)28-19-11-4-12-20-28/h1-20,30H,21-24H2. The minimum absolute atomic E-state index is 0.213. The van der Waals surface area contributed by atoms with Gasteiger partial charge in [-0.05, 0) is 0 Å². The maximum Gasteiger partial charge on any atom is 0.144 e. The SMILES string of the molecule is O=P(CCN(O)CCP(=O)(c1ccccc1)c1ccccc1)(c1ccccc1)c1ccccc1. The Labute approximate surface area is 201 Å². The third-order valence-corrected chi connectivity index (χ3v) is 12.2. The molecule has 1 N–H and O–H groups in total. The second-order valence-electron chi connectivity index (χ2n) is 8.22. The van der Waals surface area contributed by atoms with Crippen molar-refractivity contribution in [1.82, 2.24) is 5.06 Å². The molecule has 0 fully saturated rings. The Hall–Kier alpha value is -2.74. The van der Waals surface area contributed by atoms with Crippen LogP contribution < -0.4 is 21.2 Å². The van der Waals surface area contributed by atoms with Gasteiger partial charge in [0, 0.05) is 46.6 Å². The Morgan fingerprint density at radius 3 is 0.941 bits per heavy atom. The summed E-state index contributed by atoms with van der Waals surface area (Å²) in [4.78, 5) is 0. The third-order valence-electron chi connectivity index (χ3n) is 6.04. The van der Waals surface area contributed by atoms with Crippen LogP contribution in [0.5, 0.6) is 0 Å². The van der Waals surface area contributed by atoms with Crippen molar-refractivity contribution >= 4 is 35.5 Å². The van der Waals surface area contributed by atoms with E-state index >= 15 is 0 Å². The maximum absolute atomic E-state index is 14.2. The second kappa shape index (κ2) is 11.1. The van der Waals surface area contributed by atoms with Crippen molar-refractivity contribution in [1.29, 1.82) is 0 Å². The highest BCUT2D eigenvalue weighted by atomic mass is 31.2. The largest absolute Gasteiger partial charge is 0.314 e. The lowest BCUT2D eigenvalue weighted by Gasteiger charge is -2.24. The molecule has 0 radical (unpaired) electrons. The average molecular weight is 489 g/mol. The molecule has 0 saturated carbocycles. The van der Waals surface area contributed by atoms with Crippen LogP contribution in [0, 0.1) is 0 Å². The van der Waals surface area contributed by atoms with Crippen LogP contribution in [-0.2, 0) is 9.13 Å². The van der Waals surface area contributed by atoms with E-state index in [9.17, 15) is 14.3 Å². The van der Waals surface area contributed by atoms with Crippen molar-refractivity contribution in [2.75, 3.05) is 25.4 Å². The molecule has 4 aromatic rings. The van der Waals surface area contributed by atoms with Gasteiger partial charge < -0.3 is 14.3 Å². The van der Waals surface area contributed by atoms with Gasteiger partial charge in [0.25, 0.3) is 0 Å². The number of nitrogens with zero attached hydrogens (tertiary/aromatic N) is 1. The average Bonchev–Trinajstić information content (AvgIpc) is 2.92. The van der Waals surface area contributed by atoms with E-state index in [0.29, 0.717) is 12.3 Å². The van der Waals surface area contributed by atoms with Crippen molar-refractivity contribution in [3.05, 3.63) is 121 Å². The molecule has 0 aliphatic carbocycles. The van der Waals surface area contributed by atoms with Crippen LogP contribution in [0.1, 0.15) is 0 Å². The first-order chi connectivity index (χ1) is 16.5. The van der Waals surface area contributed by atoms with Gasteiger partial charge in [0.05, 0.1) is 0 Å². The van der Waals surface area contributed by atoms with Crippen LogP contribution in [0.2, 0.25) is 0 Å². The monoisotopic (exact) mass is 489 g/mol. The van der Waals surface area contributed by atoms with Crippen molar-refractivity contribution < 1.29 is 14.3 Å². The normalized spacial score (nSPS) is 12.1. The molecule has 0 unspecified atom stereocenters. The van der Waals surface area contributed by atoms with Crippen molar-refractivity contribution in [3.63, 3.8) is 0 Å². The van der Waals surface area contributed by atoms with Gasteiger partial charge in [0.15, 0.2) is 0 Å². The number of rotatable bonds is 10. The number of hydrogen-bond acceptors (Lipinski definition) is 4. The Balaban J connectivity index is 1.51. The Bertz CT molecular complexity index is 1080. The summed E-state index contributed by atoms with van der Waals surface area (Å²) < 4.78 is 28.3. The lowest BCUT2D eigenvalue weighted by molar-refractivity contribution is -0.0798. The molecule has 0 heterocycles. The molecular formula is C28H29NO3P2. The summed E-state index contributed by atoms with van der Waals surface area (Å²) in [6.45, 7) is 0.426. The van der Waals surface area contributed by atoms with E-state index in [-0.39, 0.29) is 13.1 Å². The highest BCUT2D eigenvalue weighted by molar-refractivity contribution is 7.79. The van der Waals surface area contributed by atoms with Crippen molar-refractivity contribution in [3.8, 4) is 0 Å². The fourth-order valence-corrected chi connectivity index (χ4v) is 9.38. The van der Waals surface area contributed by atoms with Crippen LogP contribution in [0.15, 0.2) is 121 Å². The van der Waals surface area contributed by atoms with Gasteiger partial charge in [-0.1, -0.05) is 121 Å². The molecule has 4 rings (SSSR count). The highest BCUT2D eigenvalue weighted by Gasteiger charge is 2.30. The van der Waals surface area contributed by atoms with E-state index in [0.717, 1.165) is 26.3 Å². The van der Waals surface area contributed by atoms with E-state index < -0.39 is 14.3 Å². The van der Waals surface area contributed by atoms with E-state index in [1.54, 1.807) is 0 Å². The number of hydrogen-bond donors (Lipinski definition) is 1. The van der Waals surface area contributed by atoms with Gasteiger partial charge in [0.2, 0.25) is 0 Å². The zero-order valence-electron chi connectivity index (χ0n) is 19.0. The molecule has 0 amide bonds. The fourth-order valence-electron chi connectivity index (χ4n) is 4.11. The van der Waals surface area contributed by atoms with Crippen molar-refractivity contribution in [2.45, 2.75) is 0 Å². The minimum Gasteiger partial charge on any atom is -0.314 e. The molecule has 6 heteroatoms. The molecule has 0 saturated heterocycles. The summed E-state index contributed by atoms with van der Waals surface area (Å²) in [5.74, 6) is 0. The molecular weight excluding hydrogens is 460 g/mol. The van der Waals surface area contributed by atoms with Crippen LogP contribution in [0.3, 0.4) is 0 Å². The zero-order chi connectivity index (χ0) is 23.9. The Kier molecular flexibility index (Phi) is 7.98.